The molecule has 2 N–H and O–H groups in total. The highest BCUT2D eigenvalue weighted by atomic mass is 16.5. The van der Waals surface area contributed by atoms with Crippen molar-refractivity contribution in [2.24, 2.45) is 5.92 Å². The van der Waals surface area contributed by atoms with Gasteiger partial charge in [0.25, 0.3) is 5.91 Å². The number of hydrogen-bond donors (Lipinski definition) is 2. The van der Waals surface area contributed by atoms with Crippen LogP contribution in [-0.2, 0) is 4.79 Å². The summed E-state index contributed by atoms with van der Waals surface area (Å²) in [5.74, 6) is 0.660. The molecule has 0 radical (unpaired) electrons. The summed E-state index contributed by atoms with van der Waals surface area (Å²) >= 11 is 0. The van der Waals surface area contributed by atoms with Crippen LogP contribution in [0.4, 0.5) is 0 Å². The van der Waals surface area contributed by atoms with E-state index in [1.807, 2.05) is 52.8 Å². The van der Waals surface area contributed by atoms with Crippen molar-refractivity contribution in [3.63, 3.8) is 0 Å². The number of hydrogen-bond acceptors (Lipinski definition) is 3. The van der Waals surface area contributed by atoms with E-state index in [9.17, 15) is 9.90 Å². The molecule has 4 nitrogen and oxygen atoms in total. The third kappa shape index (κ3) is 3.97. The Hall–Kier alpha value is -1.55. The van der Waals surface area contributed by atoms with Crippen molar-refractivity contribution in [1.82, 2.24) is 5.32 Å². The molecular formula is C16H25NO3. The molecule has 0 spiro atoms. The van der Waals surface area contributed by atoms with Gasteiger partial charge in [0, 0.05) is 0 Å². The number of amides is 1. The zero-order valence-electron chi connectivity index (χ0n) is 13.0. The summed E-state index contributed by atoms with van der Waals surface area (Å²) in [5, 5.41) is 12.3. The number of ether oxygens (including phenoxy) is 1. The van der Waals surface area contributed by atoms with Crippen LogP contribution in [0.15, 0.2) is 18.2 Å². The third-order valence-corrected chi connectivity index (χ3v) is 3.78. The van der Waals surface area contributed by atoms with Gasteiger partial charge >= 0.3 is 0 Å². The highest BCUT2D eigenvalue weighted by molar-refractivity contribution is 5.78. The first-order valence-corrected chi connectivity index (χ1v) is 6.91. The minimum atomic E-state index is -0.624. The lowest BCUT2D eigenvalue weighted by Gasteiger charge is -2.32. The maximum absolute atomic E-state index is 12.0. The van der Waals surface area contributed by atoms with Gasteiger partial charge in [0.05, 0.1) is 12.1 Å². The molecule has 1 aromatic carbocycles. The Morgan fingerprint density at radius 2 is 1.90 bits per heavy atom. The van der Waals surface area contributed by atoms with E-state index in [0.29, 0.717) is 0 Å². The molecule has 20 heavy (non-hydrogen) atoms. The van der Waals surface area contributed by atoms with E-state index in [0.717, 1.165) is 16.9 Å². The number of aryl methyl sites for hydroxylation is 2. The van der Waals surface area contributed by atoms with Crippen LogP contribution in [0.25, 0.3) is 0 Å². The van der Waals surface area contributed by atoms with Gasteiger partial charge in [-0.3, -0.25) is 4.79 Å². The third-order valence-electron chi connectivity index (χ3n) is 3.78. The highest BCUT2D eigenvalue weighted by Gasteiger charge is 2.29. The number of aliphatic hydroxyl groups is 1. The first-order valence-electron chi connectivity index (χ1n) is 6.91. The van der Waals surface area contributed by atoms with Crippen molar-refractivity contribution in [1.29, 1.82) is 0 Å². The summed E-state index contributed by atoms with van der Waals surface area (Å²) in [6.07, 6.45) is 0. The van der Waals surface area contributed by atoms with Crippen molar-refractivity contribution in [2.45, 2.75) is 40.2 Å². The molecule has 0 aliphatic rings. The Morgan fingerprint density at radius 3 is 2.35 bits per heavy atom. The Bertz CT molecular complexity index is 451. The molecule has 0 unspecified atom stereocenters. The maximum atomic E-state index is 12.0. The SMILES string of the molecule is Cc1cccc(C)c1OCC(=O)N[C@@](C)(CO)C(C)C. The summed E-state index contributed by atoms with van der Waals surface area (Å²) in [5.41, 5.74) is 1.39. The van der Waals surface area contributed by atoms with Crippen molar-refractivity contribution in [2.75, 3.05) is 13.2 Å². The molecule has 0 aliphatic carbocycles. The molecule has 1 rings (SSSR count). The second kappa shape index (κ2) is 6.75. The van der Waals surface area contributed by atoms with Crippen LogP contribution in [0.1, 0.15) is 31.9 Å². The Kier molecular flexibility index (Phi) is 5.57. The first-order chi connectivity index (χ1) is 9.30. The number of benzene rings is 1. The highest BCUT2D eigenvalue weighted by Crippen LogP contribution is 2.22. The number of para-hydroxylation sites is 1. The summed E-state index contributed by atoms with van der Waals surface area (Å²) in [7, 11) is 0. The van der Waals surface area contributed by atoms with Gasteiger partial charge < -0.3 is 15.2 Å². The fourth-order valence-electron chi connectivity index (χ4n) is 1.89. The van der Waals surface area contributed by atoms with Gasteiger partial charge in [-0.1, -0.05) is 32.0 Å². The van der Waals surface area contributed by atoms with Crippen molar-refractivity contribution < 1.29 is 14.6 Å². The van der Waals surface area contributed by atoms with Crippen LogP contribution >= 0.6 is 0 Å². The van der Waals surface area contributed by atoms with E-state index >= 15 is 0 Å². The summed E-state index contributed by atoms with van der Waals surface area (Å²) in [4.78, 5) is 12.0. The molecule has 0 bridgehead atoms. The number of aliphatic hydroxyl groups excluding tert-OH is 1. The Labute approximate surface area is 121 Å². The van der Waals surface area contributed by atoms with Crippen LogP contribution in [0.3, 0.4) is 0 Å². The van der Waals surface area contributed by atoms with Gasteiger partial charge in [-0.15, -0.1) is 0 Å². The molecule has 0 saturated carbocycles. The average Bonchev–Trinajstić information content (AvgIpc) is 2.37. The molecule has 0 aliphatic heterocycles. The second-order valence-electron chi connectivity index (χ2n) is 5.79. The first kappa shape index (κ1) is 16.5. The lowest BCUT2D eigenvalue weighted by atomic mass is 9.89. The fourth-order valence-corrected chi connectivity index (χ4v) is 1.89. The normalized spacial score (nSPS) is 13.9. The van der Waals surface area contributed by atoms with E-state index in [1.54, 1.807) is 0 Å². The number of nitrogens with one attached hydrogen (secondary N) is 1. The molecule has 0 heterocycles. The Balaban J connectivity index is 2.64. The molecular weight excluding hydrogens is 254 g/mol. The van der Waals surface area contributed by atoms with E-state index in [1.165, 1.54) is 0 Å². The van der Waals surface area contributed by atoms with Crippen LogP contribution in [0.2, 0.25) is 0 Å². The second-order valence-corrected chi connectivity index (χ2v) is 5.79. The van der Waals surface area contributed by atoms with Gasteiger partial charge in [0.15, 0.2) is 6.61 Å². The van der Waals surface area contributed by atoms with Crippen LogP contribution < -0.4 is 10.1 Å². The fraction of sp³-hybridized carbons (Fsp3) is 0.562. The number of carbonyl (C=O) groups is 1. The summed E-state index contributed by atoms with van der Waals surface area (Å²) in [6.45, 7) is 9.51. The quantitative estimate of drug-likeness (QED) is 0.839. The monoisotopic (exact) mass is 279 g/mol. The summed E-state index contributed by atoms with van der Waals surface area (Å²) < 4.78 is 5.61. The smallest absolute Gasteiger partial charge is 0.258 e. The lowest BCUT2D eigenvalue weighted by Crippen LogP contribution is -2.54. The number of carbonyl (C=O) groups excluding carboxylic acids is 1. The van der Waals surface area contributed by atoms with Gasteiger partial charge in [-0.05, 0) is 37.8 Å². The molecule has 0 fully saturated rings. The number of rotatable bonds is 6. The van der Waals surface area contributed by atoms with E-state index in [-0.39, 0.29) is 25.0 Å². The maximum Gasteiger partial charge on any atom is 0.258 e. The van der Waals surface area contributed by atoms with Crippen LogP contribution in [0, 0.1) is 19.8 Å². The minimum Gasteiger partial charge on any atom is -0.483 e. The molecule has 112 valence electrons. The summed E-state index contributed by atoms with van der Waals surface area (Å²) in [6, 6.07) is 5.86. The standard InChI is InChI=1S/C16H25NO3/c1-11(2)16(5,10-18)17-14(19)9-20-15-12(3)7-6-8-13(15)4/h6-8,11,18H,9-10H2,1-5H3,(H,17,19)/t16-/m0/s1. The van der Waals surface area contributed by atoms with E-state index in [2.05, 4.69) is 5.32 Å². The Morgan fingerprint density at radius 1 is 1.35 bits per heavy atom. The average molecular weight is 279 g/mol. The predicted octanol–water partition coefficient (Wildman–Crippen LogP) is 2.21. The minimum absolute atomic E-state index is 0.0476. The van der Waals surface area contributed by atoms with E-state index in [4.69, 9.17) is 4.74 Å². The molecule has 0 aromatic heterocycles. The van der Waals surface area contributed by atoms with Gasteiger partial charge in [0.1, 0.15) is 5.75 Å². The lowest BCUT2D eigenvalue weighted by molar-refractivity contribution is -0.126. The van der Waals surface area contributed by atoms with Crippen molar-refractivity contribution in [3.8, 4) is 5.75 Å². The molecule has 1 amide bonds. The zero-order valence-corrected chi connectivity index (χ0v) is 13.0. The van der Waals surface area contributed by atoms with E-state index < -0.39 is 5.54 Å². The van der Waals surface area contributed by atoms with Gasteiger partial charge in [-0.25, -0.2) is 0 Å². The molecule has 1 aromatic rings. The largest absolute Gasteiger partial charge is 0.483 e. The molecule has 4 heteroatoms. The van der Waals surface area contributed by atoms with Crippen molar-refractivity contribution in [3.05, 3.63) is 29.3 Å². The van der Waals surface area contributed by atoms with Crippen molar-refractivity contribution >= 4 is 5.91 Å². The van der Waals surface area contributed by atoms with Crippen LogP contribution in [-0.4, -0.2) is 29.8 Å². The van der Waals surface area contributed by atoms with Gasteiger partial charge in [-0.2, -0.15) is 0 Å². The topological polar surface area (TPSA) is 58.6 Å². The van der Waals surface area contributed by atoms with Crippen LogP contribution in [0.5, 0.6) is 5.75 Å². The zero-order chi connectivity index (χ0) is 15.3. The molecule has 1 atom stereocenters. The predicted molar refractivity (Wildman–Crippen MR) is 79.9 cm³/mol. The van der Waals surface area contributed by atoms with Gasteiger partial charge in [0.2, 0.25) is 0 Å². The molecule has 0 saturated heterocycles.